The maximum Gasteiger partial charge on any atom is 0.197 e. The number of ketones is 1. The third-order valence-electron chi connectivity index (χ3n) is 3.64. The molecule has 22 heavy (non-hydrogen) atoms. The first-order valence-corrected chi connectivity index (χ1v) is 7.83. The van der Waals surface area contributed by atoms with Crippen molar-refractivity contribution in [2.24, 2.45) is 0 Å². The van der Waals surface area contributed by atoms with Crippen LogP contribution >= 0.6 is 15.9 Å². The van der Waals surface area contributed by atoms with Crippen molar-refractivity contribution in [3.63, 3.8) is 0 Å². The highest BCUT2D eigenvalue weighted by Crippen LogP contribution is 2.33. The molecule has 1 heterocycles. The summed E-state index contributed by atoms with van der Waals surface area (Å²) in [6.07, 6.45) is 0.665. The van der Waals surface area contributed by atoms with E-state index < -0.39 is 0 Å². The highest BCUT2D eigenvalue weighted by atomic mass is 79.9. The average molecular weight is 359 g/mol. The van der Waals surface area contributed by atoms with E-state index in [1.165, 1.54) is 0 Å². The normalized spacial score (nSPS) is 10.9. The zero-order chi connectivity index (χ0) is 15.7. The summed E-state index contributed by atoms with van der Waals surface area (Å²) in [5.41, 5.74) is 1.98. The van der Waals surface area contributed by atoms with Crippen LogP contribution in [-0.4, -0.2) is 12.9 Å². The molecule has 0 saturated heterocycles. The highest BCUT2D eigenvalue weighted by Gasteiger charge is 2.22. The fraction of sp³-hybridized carbons (Fsp3) is 0.167. The second kappa shape index (κ2) is 5.97. The monoisotopic (exact) mass is 358 g/mol. The highest BCUT2D eigenvalue weighted by molar-refractivity contribution is 9.10. The van der Waals surface area contributed by atoms with E-state index >= 15 is 0 Å². The lowest BCUT2D eigenvalue weighted by molar-refractivity contribution is 0.103. The molecule has 4 heteroatoms. The molecular weight excluding hydrogens is 344 g/mol. The Hall–Kier alpha value is -2.07. The van der Waals surface area contributed by atoms with Crippen molar-refractivity contribution in [2.45, 2.75) is 13.3 Å². The number of carbonyl (C=O) groups excluding carboxylic acids is 1. The van der Waals surface area contributed by atoms with Crippen LogP contribution in [0, 0.1) is 0 Å². The van der Waals surface area contributed by atoms with Gasteiger partial charge in [-0.2, -0.15) is 0 Å². The number of carbonyl (C=O) groups is 1. The van der Waals surface area contributed by atoms with Crippen LogP contribution in [0.4, 0.5) is 0 Å². The van der Waals surface area contributed by atoms with Crippen molar-refractivity contribution < 1.29 is 13.9 Å². The Kier molecular flexibility index (Phi) is 4.03. The molecule has 0 amide bonds. The van der Waals surface area contributed by atoms with Crippen molar-refractivity contribution in [2.75, 3.05) is 7.11 Å². The zero-order valence-electron chi connectivity index (χ0n) is 12.4. The van der Waals surface area contributed by atoms with Gasteiger partial charge >= 0.3 is 0 Å². The summed E-state index contributed by atoms with van der Waals surface area (Å²) >= 11 is 3.48. The van der Waals surface area contributed by atoms with Crippen molar-refractivity contribution >= 4 is 32.7 Å². The molecule has 0 fully saturated rings. The number of hydrogen-bond acceptors (Lipinski definition) is 3. The van der Waals surface area contributed by atoms with E-state index in [4.69, 9.17) is 9.15 Å². The summed E-state index contributed by atoms with van der Waals surface area (Å²) in [4.78, 5) is 12.9. The Morgan fingerprint density at radius 3 is 2.55 bits per heavy atom. The molecule has 0 radical (unpaired) electrons. The molecule has 0 spiro atoms. The van der Waals surface area contributed by atoms with Gasteiger partial charge in [-0.25, -0.2) is 0 Å². The molecule has 0 aliphatic heterocycles. The van der Waals surface area contributed by atoms with E-state index in [-0.39, 0.29) is 5.78 Å². The van der Waals surface area contributed by atoms with Gasteiger partial charge < -0.3 is 9.15 Å². The number of furan rings is 1. The number of benzene rings is 2. The van der Waals surface area contributed by atoms with Gasteiger partial charge in [-0.05, 0) is 46.3 Å². The zero-order valence-corrected chi connectivity index (χ0v) is 13.9. The first-order valence-electron chi connectivity index (χ1n) is 7.04. The Balaban J connectivity index is 2.15. The van der Waals surface area contributed by atoms with Gasteiger partial charge in [0, 0.05) is 17.4 Å². The summed E-state index contributed by atoms with van der Waals surface area (Å²) < 4.78 is 11.9. The minimum Gasteiger partial charge on any atom is -0.497 e. The van der Waals surface area contributed by atoms with Crippen LogP contribution in [0.15, 0.2) is 51.4 Å². The number of rotatable bonds is 4. The molecule has 3 aromatic rings. The maximum absolute atomic E-state index is 12.9. The number of aryl methyl sites for hydroxylation is 1. The topological polar surface area (TPSA) is 39.4 Å². The summed E-state index contributed by atoms with van der Waals surface area (Å²) in [5, 5.41) is 0.840. The van der Waals surface area contributed by atoms with Crippen LogP contribution < -0.4 is 4.74 Å². The second-order valence-corrected chi connectivity index (χ2v) is 5.78. The molecule has 0 saturated carbocycles. The van der Waals surface area contributed by atoms with E-state index in [1.54, 1.807) is 31.4 Å². The molecule has 112 valence electrons. The molecule has 0 aliphatic rings. The first kappa shape index (κ1) is 14.9. The number of fused-ring (bicyclic) bond motifs is 1. The third-order valence-corrected chi connectivity index (χ3v) is 4.27. The predicted octanol–water partition coefficient (Wildman–Crippen LogP) is 5.00. The van der Waals surface area contributed by atoms with Crippen LogP contribution in [-0.2, 0) is 6.42 Å². The number of para-hydroxylation sites is 1. The van der Waals surface area contributed by atoms with Crippen molar-refractivity contribution in [3.8, 4) is 5.75 Å². The van der Waals surface area contributed by atoms with E-state index in [0.717, 1.165) is 21.2 Å². The van der Waals surface area contributed by atoms with Gasteiger partial charge in [-0.15, -0.1) is 0 Å². The molecule has 0 aliphatic carbocycles. The Morgan fingerprint density at radius 1 is 1.18 bits per heavy atom. The molecule has 0 unspecified atom stereocenters. The smallest absolute Gasteiger partial charge is 0.197 e. The standard InChI is InChI=1S/C18H15BrO3/c1-3-15-16(13-5-4-6-14(19)18(13)22-15)17(20)11-7-9-12(21-2)10-8-11/h4-10H,3H2,1-2H3. The molecule has 0 bridgehead atoms. The van der Waals surface area contributed by atoms with Gasteiger partial charge in [-0.1, -0.05) is 19.1 Å². The van der Waals surface area contributed by atoms with Crippen molar-refractivity contribution in [1.82, 2.24) is 0 Å². The predicted molar refractivity (Wildman–Crippen MR) is 89.7 cm³/mol. The van der Waals surface area contributed by atoms with Crippen LogP contribution in [0.3, 0.4) is 0 Å². The molecule has 1 aromatic heterocycles. The molecule has 0 atom stereocenters. The summed E-state index contributed by atoms with van der Waals surface area (Å²) in [5.74, 6) is 1.41. The number of methoxy groups -OCH3 is 1. The molecule has 3 nitrogen and oxygen atoms in total. The van der Waals surface area contributed by atoms with Gasteiger partial charge in [0.1, 0.15) is 17.1 Å². The minimum atomic E-state index is -0.0312. The van der Waals surface area contributed by atoms with Crippen LogP contribution in [0.5, 0.6) is 5.75 Å². The van der Waals surface area contributed by atoms with Crippen LogP contribution in [0.25, 0.3) is 11.0 Å². The minimum absolute atomic E-state index is 0.0312. The van der Waals surface area contributed by atoms with Gasteiger partial charge in [0.2, 0.25) is 0 Å². The maximum atomic E-state index is 12.9. The van der Waals surface area contributed by atoms with E-state index in [0.29, 0.717) is 23.3 Å². The Bertz CT molecular complexity index is 831. The lowest BCUT2D eigenvalue weighted by Gasteiger charge is -2.03. The van der Waals surface area contributed by atoms with Gasteiger partial charge in [0.05, 0.1) is 17.1 Å². The van der Waals surface area contributed by atoms with E-state index in [9.17, 15) is 4.79 Å². The summed E-state index contributed by atoms with van der Waals surface area (Å²) in [6, 6.07) is 12.9. The molecule has 3 rings (SSSR count). The lowest BCUT2D eigenvalue weighted by Crippen LogP contribution is -2.03. The summed E-state index contributed by atoms with van der Waals surface area (Å²) in [7, 11) is 1.60. The van der Waals surface area contributed by atoms with Crippen molar-refractivity contribution in [1.29, 1.82) is 0 Å². The number of halogens is 1. The molecule has 2 aromatic carbocycles. The second-order valence-electron chi connectivity index (χ2n) is 4.93. The lowest BCUT2D eigenvalue weighted by atomic mass is 9.99. The number of ether oxygens (including phenoxy) is 1. The van der Waals surface area contributed by atoms with Gasteiger partial charge in [0.25, 0.3) is 0 Å². The third kappa shape index (κ3) is 2.44. The summed E-state index contributed by atoms with van der Waals surface area (Å²) in [6.45, 7) is 1.98. The Labute approximate surface area is 137 Å². The van der Waals surface area contributed by atoms with Crippen molar-refractivity contribution in [3.05, 3.63) is 63.8 Å². The fourth-order valence-electron chi connectivity index (χ4n) is 2.52. The number of hydrogen-bond donors (Lipinski definition) is 0. The molecule has 0 N–H and O–H groups in total. The largest absolute Gasteiger partial charge is 0.497 e. The van der Waals surface area contributed by atoms with E-state index in [1.807, 2.05) is 25.1 Å². The van der Waals surface area contributed by atoms with Crippen LogP contribution in [0.2, 0.25) is 0 Å². The molecular formula is C18H15BrO3. The SMILES string of the molecule is CCc1oc2c(Br)cccc2c1C(=O)c1ccc(OC)cc1. The van der Waals surface area contributed by atoms with Gasteiger partial charge in [-0.3, -0.25) is 4.79 Å². The average Bonchev–Trinajstić information content (AvgIpc) is 2.94. The van der Waals surface area contributed by atoms with E-state index in [2.05, 4.69) is 15.9 Å². The van der Waals surface area contributed by atoms with Gasteiger partial charge in [0.15, 0.2) is 5.78 Å². The Morgan fingerprint density at radius 2 is 1.91 bits per heavy atom. The first-order chi connectivity index (χ1) is 10.7. The van der Waals surface area contributed by atoms with Crippen LogP contribution in [0.1, 0.15) is 28.6 Å². The quantitative estimate of drug-likeness (QED) is 0.616. The fourth-order valence-corrected chi connectivity index (χ4v) is 2.97.